The van der Waals surface area contributed by atoms with Gasteiger partial charge in [0.15, 0.2) is 5.84 Å². The molecule has 0 fully saturated rings. The van der Waals surface area contributed by atoms with Crippen LogP contribution in [0.25, 0.3) is 124 Å². The molecule has 5 nitrogen and oxygen atoms in total. The number of thiophene rings is 1. The van der Waals surface area contributed by atoms with E-state index in [0.717, 1.165) is 95.8 Å². The first-order valence-corrected chi connectivity index (χ1v) is 26.1. The average Bonchev–Trinajstić information content (AvgIpc) is 4.17. The van der Waals surface area contributed by atoms with Crippen molar-refractivity contribution >= 4 is 141 Å². The lowest BCUT2D eigenvalue weighted by atomic mass is 9.85. The van der Waals surface area contributed by atoms with Gasteiger partial charge in [-0.1, -0.05) is 159 Å². The molecule has 16 rings (SSSR count). The molecule has 344 valence electrons. The van der Waals surface area contributed by atoms with Crippen LogP contribution < -0.4 is 0 Å². The van der Waals surface area contributed by atoms with Crippen molar-refractivity contribution < 1.29 is 8.83 Å². The molecule has 5 heterocycles. The number of hydrogen-bond donors (Lipinski definition) is 0. The number of aliphatic imine (C=N–C) groups is 2. The van der Waals surface area contributed by atoms with Gasteiger partial charge in [-0.15, -0.1) is 11.3 Å². The van der Waals surface area contributed by atoms with Crippen LogP contribution >= 0.6 is 11.3 Å². The van der Waals surface area contributed by atoms with Crippen molar-refractivity contribution in [2.45, 2.75) is 25.8 Å². The molecule has 15 aromatic rings. The summed E-state index contributed by atoms with van der Waals surface area (Å²) in [6, 6.07) is 74.9. The normalized spacial score (nSPS) is 15.6. The summed E-state index contributed by atoms with van der Waals surface area (Å²) in [5, 5.41) is 16.7. The first kappa shape index (κ1) is 40.8. The van der Waals surface area contributed by atoms with Crippen LogP contribution in [0.15, 0.2) is 225 Å². The smallest absolute Gasteiger partial charge is 0.157 e. The molecule has 4 aromatic heterocycles. The number of rotatable bonds is 5. The van der Waals surface area contributed by atoms with Crippen LogP contribution in [0.3, 0.4) is 0 Å². The highest BCUT2D eigenvalue weighted by Crippen LogP contribution is 2.46. The fourth-order valence-corrected chi connectivity index (χ4v) is 13.5. The number of benzene rings is 11. The fraction of sp³-hybridized carbons (Fsp3) is 0.0746. The predicted molar refractivity (Wildman–Crippen MR) is 308 cm³/mol. The summed E-state index contributed by atoms with van der Waals surface area (Å²) < 4.78 is 18.2. The topological polar surface area (TPSA) is 55.9 Å². The van der Waals surface area contributed by atoms with E-state index in [1.165, 1.54) is 63.3 Å². The molecular formula is C67H43N3O2S. The Kier molecular flexibility index (Phi) is 8.72. The molecule has 0 radical (unpaired) electrons. The minimum Gasteiger partial charge on any atom is -0.456 e. The van der Waals surface area contributed by atoms with Gasteiger partial charge in [0.25, 0.3) is 0 Å². The summed E-state index contributed by atoms with van der Waals surface area (Å²) in [5.74, 6) is 0.829. The summed E-state index contributed by atoms with van der Waals surface area (Å²) >= 11 is 1.87. The van der Waals surface area contributed by atoms with Crippen molar-refractivity contribution in [3.05, 3.63) is 223 Å². The molecule has 73 heavy (non-hydrogen) atoms. The number of aromatic nitrogens is 1. The van der Waals surface area contributed by atoms with E-state index < -0.39 is 0 Å². The highest BCUT2D eigenvalue weighted by Gasteiger charge is 2.31. The van der Waals surface area contributed by atoms with E-state index in [0.29, 0.717) is 5.84 Å². The molecule has 0 spiro atoms. The van der Waals surface area contributed by atoms with Crippen molar-refractivity contribution in [1.29, 1.82) is 0 Å². The van der Waals surface area contributed by atoms with E-state index in [9.17, 15) is 0 Å². The van der Waals surface area contributed by atoms with Crippen LogP contribution in [0, 0.1) is 5.92 Å². The number of amidine groups is 1. The van der Waals surface area contributed by atoms with E-state index in [-0.39, 0.29) is 12.0 Å². The number of nitrogens with zero attached hydrogens (tertiary/aromatic N) is 3. The maximum Gasteiger partial charge on any atom is 0.157 e. The van der Waals surface area contributed by atoms with Crippen LogP contribution in [0.5, 0.6) is 0 Å². The molecule has 2 unspecified atom stereocenters. The second kappa shape index (κ2) is 15.6. The Balaban J connectivity index is 1.02. The molecule has 0 saturated carbocycles. The quantitative estimate of drug-likeness (QED) is 0.173. The van der Waals surface area contributed by atoms with Gasteiger partial charge in [0.2, 0.25) is 0 Å². The van der Waals surface area contributed by atoms with E-state index in [2.05, 4.69) is 200 Å². The molecule has 0 amide bonds. The van der Waals surface area contributed by atoms with Crippen LogP contribution in [-0.2, 0) is 0 Å². The first-order valence-electron chi connectivity index (χ1n) is 25.3. The first-order chi connectivity index (χ1) is 36.1. The summed E-state index contributed by atoms with van der Waals surface area (Å²) in [6.45, 7) is 2.30. The van der Waals surface area contributed by atoms with Crippen LogP contribution in [0.4, 0.5) is 0 Å². The summed E-state index contributed by atoms with van der Waals surface area (Å²) in [5.41, 5.74) is 11.0. The Morgan fingerprint density at radius 3 is 1.88 bits per heavy atom. The molecular weight excluding hydrogens is 911 g/mol. The minimum atomic E-state index is -0.230. The standard InChI is InChI=1S/C67H43N3O2S/c1-2-38-32-55(43-24-27-49-47-19-9-11-21-59(47)71-61(49)34-43)68-67(69-65(38)44-25-28-50-48-20-10-12-22-60(48)72-62(50)35-44)54-36-52-51-29-23-40-14-6-8-18-46(40)66(51)73-63(52)37-58(54)70-56-30-26-39-13-5-7-17-45(39)64(56)53-31-41-15-3-4-16-42(41)33-57(53)70/h3-31,33-38,65H,2,32H2,1H3. The van der Waals surface area contributed by atoms with Crippen LogP contribution in [-0.4, -0.2) is 16.1 Å². The van der Waals surface area contributed by atoms with Crippen molar-refractivity contribution in [2.24, 2.45) is 15.9 Å². The molecule has 1 aliphatic heterocycles. The van der Waals surface area contributed by atoms with Crippen molar-refractivity contribution in [2.75, 3.05) is 0 Å². The molecule has 1 aliphatic rings. The molecule has 0 saturated heterocycles. The number of furan rings is 2. The van der Waals surface area contributed by atoms with Gasteiger partial charge in [-0.25, -0.2) is 4.99 Å². The van der Waals surface area contributed by atoms with Gasteiger partial charge < -0.3 is 13.4 Å². The number of para-hydroxylation sites is 2. The SMILES string of the molecule is CCC1CC(c2ccc3c(c2)oc2ccccc23)=NC(c2cc3c(cc2-n2c4cc5ccccc5cc4c4c5ccccc5ccc42)sc2c4ccccc4ccc32)=NC1c1ccc2c(c1)oc1ccccc12. The zero-order valence-corrected chi connectivity index (χ0v) is 40.6. The van der Waals surface area contributed by atoms with Gasteiger partial charge in [-0.2, -0.15) is 0 Å². The molecule has 11 aromatic carbocycles. The Hall–Kier alpha value is -8.84. The van der Waals surface area contributed by atoms with Crippen molar-refractivity contribution in [1.82, 2.24) is 4.57 Å². The number of fused-ring (bicyclic) bond motifs is 17. The summed E-state index contributed by atoms with van der Waals surface area (Å²) in [6.07, 6.45) is 1.61. The third-order valence-electron chi connectivity index (χ3n) is 15.9. The summed E-state index contributed by atoms with van der Waals surface area (Å²) in [7, 11) is 0. The van der Waals surface area contributed by atoms with Gasteiger partial charge in [0.05, 0.1) is 28.5 Å². The summed E-state index contributed by atoms with van der Waals surface area (Å²) in [4.78, 5) is 11.9. The van der Waals surface area contributed by atoms with E-state index >= 15 is 0 Å². The maximum absolute atomic E-state index is 6.58. The third-order valence-corrected chi connectivity index (χ3v) is 17.1. The highest BCUT2D eigenvalue weighted by atomic mass is 32.1. The fourth-order valence-electron chi connectivity index (χ4n) is 12.3. The Bertz CT molecular complexity index is 4910. The Morgan fingerprint density at radius 1 is 0.493 bits per heavy atom. The lowest BCUT2D eigenvalue weighted by Gasteiger charge is -2.23. The highest BCUT2D eigenvalue weighted by molar-refractivity contribution is 7.26. The lowest BCUT2D eigenvalue weighted by Crippen LogP contribution is -2.14. The van der Waals surface area contributed by atoms with Crippen LogP contribution in [0.1, 0.15) is 42.5 Å². The Labute approximate surface area is 422 Å². The van der Waals surface area contributed by atoms with E-state index in [1.54, 1.807) is 0 Å². The van der Waals surface area contributed by atoms with E-state index in [1.807, 2.05) is 29.5 Å². The average molecular weight is 954 g/mol. The third kappa shape index (κ3) is 6.14. The van der Waals surface area contributed by atoms with Crippen LogP contribution in [0.2, 0.25) is 0 Å². The van der Waals surface area contributed by atoms with Gasteiger partial charge in [-0.3, -0.25) is 4.99 Å². The zero-order chi connectivity index (χ0) is 47.9. The van der Waals surface area contributed by atoms with Crippen molar-refractivity contribution in [3.8, 4) is 5.69 Å². The predicted octanol–water partition coefficient (Wildman–Crippen LogP) is 18.8. The molecule has 0 bridgehead atoms. The van der Waals surface area contributed by atoms with Gasteiger partial charge in [-0.05, 0) is 116 Å². The van der Waals surface area contributed by atoms with Gasteiger partial charge >= 0.3 is 0 Å². The molecule has 6 heteroatoms. The van der Waals surface area contributed by atoms with Gasteiger partial charge in [0, 0.05) is 58.1 Å². The lowest BCUT2D eigenvalue weighted by molar-refractivity contribution is 0.437. The largest absolute Gasteiger partial charge is 0.456 e. The van der Waals surface area contributed by atoms with E-state index in [4.69, 9.17) is 18.8 Å². The second-order valence-electron chi connectivity index (χ2n) is 19.9. The maximum atomic E-state index is 6.58. The second-order valence-corrected chi connectivity index (χ2v) is 20.9. The monoisotopic (exact) mass is 953 g/mol. The Morgan fingerprint density at radius 2 is 1.11 bits per heavy atom. The molecule has 2 atom stereocenters. The van der Waals surface area contributed by atoms with Gasteiger partial charge in [0.1, 0.15) is 22.3 Å². The zero-order valence-electron chi connectivity index (χ0n) is 39.8. The molecule has 0 aliphatic carbocycles. The number of hydrogen-bond acceptors (Lipinski definition) is 5. The molecule has 0 N–H and O–H groups in total. The van der Waals surface area contributed by atoms with Crippen molar-refractivity contribution in [3.63, 3.8) is 0 Å². The minimum absolute atomic E-state index is 0.121.